The molecule has 0 spiro atoms. The number of hydrogen-bond donors (Lipinski definition) is 1. The molecule has 2 saturated carbocycles. The van der Waals surface area contributed by atoms with Gasteiger partial charge in [0.2, 0.25) is 0 Å². The van der Waals surface area contributed by atoms with Crippen LogP contribution in [-0.2, 0) is 0 Å². The van der Waals surface area contributed by atoms with Gasteiger partial charge in [-0.3, -0.25) is 4.90 Å². The third-order valence-electron chi connectivity index (χ3n) is 5.42. The largest absolute Gasteiger partial charge is 0.313 e. The molecule has 1 aliphatic heterocycles. The molecule has 2 nitrogen and oxygen atoms in total. The minimum Gasteiger partial charge on any atom is -0.313 e. The molecule has 0 aromatic carbocycles. The van der Waals surface area contributed by atoms with Crippen LogP contribution in [0.3, 0.4) is 0 Å². The molecule has 2 aliphatic carbocycles. The van der Waals surface area contributed by atoms with Crippen molar-refractivity contribution in [2.75, 3.05) is 13.1 Å². The number of hydrogen-bond acceptors (Lipinski definition) is 2. The number of rotatable bonds is 4. The van der Waals surface area contributed by atoms with Crippen LogP contribution >= 0.6 is 0 Å². The lowest BCUT2D eigenvalue weighted by atomic mass is 9.79. The standard InChI is InChI=1S/C16H30N2/c1-12-5-8-16(13(2)10-12)18(15-6-7-15)11-14-4-3-9-17-14/h12-17H,3-11H2,1-2H3. The lowest BCUT2D eigenvalue weighted by Gasteiger charge is -2.42. The normalized spacial score (nSPS) is 41.5. The van der Waals surface area contributed by atoms with Gasteiger partial charge in [-0.2, -0.15) is 0 Å². The van der Waals surface area contributed by atoms with E-state index in [1.807, 2.05) is 0 Å². The highest BCUT2D eigenvalue weighted by atomic mass is 15.2. The highest BCUT2D eigenvalue weighted by Gasteiger charge is 2.39. The summed E-state index contributed by atoms with van der Waals surface area (Å²) in [5.41, 5.74) is 0. The Morgan fingerprint density at radius 2 is 1.89 bits per heavy atom. The Bertz CT molecular complexity index is 268. The zero-order valence-electron chi connectivity index (χ0n) is 12.2. The van der Waals surface area contributed by atoms with Crippen molar-refractivity contribution < 1.29 is 0 Å². The Labute approximate surface area is 113 Å². The van der Waals surface area contributed by atoms with E-state index in [-0.39, 0.29) is 0 Å². The van der Waals surface area contributed by atoms with E-state index in [1.54, 1.807) is 0 Å². The van der Waals surface area contributed by atoms with Gasteiger partial charge in [-0.15, -0.1) is 0 Å². The minimum atomic E-state index is 0.789. The molecular weight excluding hydrogens is 220 g/mol. The first-order chi connectivity index (χ1) is 8.74. The molecule has 0 radical (unpaired) electrons. The van der Waals surface area contributed by atoms with Crippen molar-refractivity contribution in [2.24, 2.45) is 11.8 Å². The van der Waals surface area contributed by atoms with E-state index in [0.717, 1.165) is 30.0 Å². The Morgan fingerprint density at radius 3 is 2.50 bits per heavy atom. The minimum absolute atomic E-state index is 0.789. The maximum Gasteiger partial charge on any atom is 0.0195 e. The molecule has 18 heavy (non-hydrogen) atoms. The van der Waals surface area contributed by atoms with E-state index in [9.17, 15) is 0 Å². The van der Waals surface area contributed by atoms with Crippen molar-refractivity contribution in [3.8, 4) is 0 Å². The van der Waals surface area contributed by atoms with Crippen LogP contribution in [0.25, 0.3) is 0 Å². The van der Waals surface area contributed by atoms with Crippen LogP contribution in [0.5, 0.6) is 0 Å². The fourth-order valence-corrected chi connectivity index (χ4v) is 4.27. The Morgan fingerprint density at radius 1 is 1.06 bits per heavy atom. The fourth-order valence-electron chi connectivity index (χ4n) is 4.27. The molecule has 3 fully saturated rings. The zero-order valence-corrected chi connectivity index (χ0v) is 12.2. The summed E-state index contributed by atoms with van der Waals surface area (Å²) in [6.45, 7) is 7.51. The van der Waals surface area contributed by atoms with E-state index in [2.05, 4.69) is 24.1 Å². The zero-order chi connectivity index (χ0) is 12.5. The van der Waals surface area contributed by atoms with Gasteiger partial charge in [0, 0.05) is 24.7 Å². The summed E-state index contributed by atoms with van der Waals surface area (Å²) < 4.78 is 0. The van der Waals surface area contributed by atoms with Crippen molar-refractivity contribution in [1.82, 2.24) is 10.2 Å². The average molecular weight is 250 g/mol. The number of nitrogens with zero attached hydrogens (tertiary/aromatic N) is 1. The van der Waals surface area contributed by atoms with Gasteiger partial charge >= 0.3 is 0 Å². The van der Waals surface area contributed by atoms with Crippen LogP contribution in [0.4, 0.5) is 0 Å². The third kappa shape index (κ3) is 2.91. The summed E-state index contributed by atoms with van der Waals surface area (Å²) >= 11 is 0. The molecule has 0 bridgehead atoms. The van der Waals surface area contributed by atoms with Gasteiger partial charge < -0.3 is 5.32 Å². The molecule has 2 heteroatoms. The molecule has 1 heterocycles. The van der Waals surface area contributed by atoms with Gasteiger partial charge in [-0.05, 0) is 63.3 Å². The summed E-state index contributed by atoms with van der Waals surface area (Å²) in [6.07, 6.45) is 10.1. The topological polar surface area (TPSA) is 15.3 Å². The maximum atomic E-state index is 3.69. The van der Waals surface area contributed by atoms with Crippen molar-refractivity contribution in [1.29, 1.82) is 0 Å². The lowest BCUT2D eigenvalue weighted by Crippen LogP contribution is -2.49. The molecule has 0 aromatic rings. The van der Waals surface area contributed by atoms with Gasteiger partial charge in [-0.1, -0.05) is 13.8 Å². The predicted molar refractivity (Wildman–Crippen MR) is 76.7 cm³/mol. The highest BCUT2D eigenvalue weighted by Crippen LogP contribution is 2.38. The Kier molecular flexibility index (Phi) is 3.95. The van der Waals surface area contributed by atoms with E-state index in [1.165, 1.54) is 58.0 Å². The molecule has 1 saturated heterocycles. The van der Waals surface area contributed by atoms with Gasteiger partial charge in [0.15, 0.2) is 0 Å². The van der Waals surface area contributed by atoms with Crippen LogP contribution in [0, 0.1) is 11.8 Å². The second-order valence-electron chi connectivity index (χ2n) is 7.18. The first-order valence-corrected chi connectivity index (χ1v) is 8.23. The molecule has 3 aliphatic rings. The second-order valence-corrected chi connectivity index (χ2v) is 7.18. The second kappa shape index (κ2) is 5.50. The summed E-state index contributed by atoms with van der Waals surface area (Å²) in [5.74, 6) is 1.87. The molecule has 104 valence electrons. The van der Waals surface area contributed by atoms with E-state index >= 15 is 0 Å². The summed E-state index contributed by atoms with van der Waals surface area (Å²) in [6, 6.07) is 2.61. The summed E-state index contributed by atoms with van der Waals surface area (Å²) in [7, 11) is 0. The monoisotopic (exact) mass is 250 g/mol. The first-order valence-electron chi connectivity index (χ1n) is 8.23. The van der Waals surface area contributed by atoms with Crippen molar-refractivity contribution in [3.63, 3.8) is 0 Å². The van der Waals surface area contributed by atoms with E-state index in [0.29, 0.717) is 0 Å². The van der Waals surface area contributed by atoms with E-state index in [4.69, 9.17) is 0 Å². The molecule has 4 unspecified atom stereocenters. The third-order valence-corrected chi connectivity index (χ3v) is 5.42. The van der Waals surface area contributed by atoms with Crippen molar-refractivity contribution in [2.45, 2.75) is 76.9 Å². The molecule has 3 rings (SSSR count). The van der Waals surface area contributed by atoms with Gasteiger partial charge in [0.1, 0.15) is 0 Å². The van der Waals surface area contributed by atoms with Crippen LogP contribution in [0.1, 0.15) is 58.8 Å². The highest BCUT2D eigenvalue weighted by molar-refractivity contribution is 4.95. The van der Waals surface area contributed by atoms with Crippen LogP contribution < -0.4 is 5.32 Å². The lowest BCUT2D eigenvalue weighted by molar-refractivity contribution is 0.0789. The van der Waals surface area contributed by atoms with Crippen LogP contribution in [0.15, 0.2) is 0 Å². The first kappa shape index (κ1) is 12.9. The summed E-state index contributed by atoms with van der Waals surface area (Å²) in [5, 5.41) is 3.69. The van der Waals surface area contributed by atoms with Crippen LogP contribution in [0.2, 0.25) is 0 Å². The molecule has 1 N–H and O–H groups in total. The van der Waals surface area contributed by atoms with Crippen molar-refractivity contribution >= 4 is 0 Å². The smallest absolute Gasteiger partial charge is 0.0195 e. The predicted octanol–water partition coefficient (Wildman–Crippen LogP) is 3.03. The van der Waals surface area contributed by atoms with Crippen LogP contribution in [-0.4, -0.2) is 36.1 Å². The summed E-state index contributed by atoms with van der Waals surface area (Å²) in [4.78, 5) is 2.90. The van der Waals surface area contributed by atoms with E-state index < -0.39 is 0 Å². The fraction of sp³-hybridized carbons (Fsp3) is 1.00. The maximum absolute atomic E-state index is 3.69. The molecule has 4 atom stereocenters. The van der Waals surface area contributed by atoms with Crippen molar-refractivity contribution in [3.05, 3.63) is 0 Å². The van der Waals surface area contributed by atoms with Gasteiger partial charge in [0.25, 0.3) is 0 Å². The quantitative estimate of drug-likeness (QED) is 0.825. The van der Waals surface area contributed by atoms with Gasteiger partial charge in [-0.25, -0.2) is 0 Å². The molecule has 0 amide bonds. The Balaban J connectivity index is 1.61. The molecule has 0 aromatic heterocycles. The SMILES string of the molecule is CC1CCC(N(CC2CCCN2)C2CC2)C(C)C1. The molecular formula is C16H30N2. The number of nitrogens with one attached hydrogen (secondary N) is 1. The Hall–Kier alpha value is -0.0800. The average Bonchev–Trinajstić information content (AvgIpc) is 3.05. The van der Waals surface area contributed by atoms with Gasteiger partial charge in [0.05, 0.1) is 0 Å².